The second-order valence-electron chi connectivity index (χ2n) is 2.91. The summed E-state index contributed by atoms with van der Waals surface area (Å²) in [7, 11) is 0. The van der Waals surface area contributed by atoms with E-state index >= 15 is 0 Å². The summed E-state index contributed by atoms with van der Waals surface area (Å²) in [4.78, 5) is 4.25. The van der Waals surface area contributed by atoms with Crippen LogP contribution in [0.1, 0.15) is 25.5 Å². The molecule has 0 aliphatic heterocycles. The van der Waals surface area contributed by atoms with Crippen LogP contribution in [0.5, 0.6) is 0 Å². The third-order valence-electron chi connectivity index (χ3n) is 1.93. The average Bonchev–Trinajstić information content (AvgIpc) is 2.03. The molecule has 3 heteroatoms. The minimum Gasteiger partial charge on any atom is -0.393 e. The molecular weight excluding hydrogens is 218 g/mol. The van der Waals surface area contributed by atoms with Gasteiger partial charge in [0, 0.05) is 11.6 Å². The van der Waals surface area contributed by atoms with Crippen molar-refractivity contribution < 1.29 is 5.11 Å². The zero-order valence-corrected chi connectivity index (χ0v) is 8.75. The number of hydrogen-bond donors (Lipinski definition) is 1. The third-order valence-corrected chi connectivity index (χ3v) is 2.37. The van der Waals surface area contributed by atoms with Crippen molar-refractivity contribution in [3.63, 3.8) is 0 Å². The summed E-state index contributed by atoms with van der Waals surface area (Å²) >= 11 is 3.29. The van der Waals surface area contributed by atoms with E-state index in [0.717, 1.165) is 10.3 Å². The van der Waals surface area contributed by atoms with Crippen LogP contribution < -0.4 is 0 Å². The second-order valence-corrected chi connectivity index (χ2v) is 3.73. The molecule has 1 heterocycles. The summed E-state index contributed by atoms with van der Waals surface area (Å²) < 4.78 is 0.813. The molecule has 12 heavy (non-hydrogen) atoms. The van der Waals surface area contributed by atoms with E-state index in [4.69, 9.17) is 0 Å². The fourth-order valence-electron chi connectivity index (χ4n) is 0.925. The first-order valence-corrected chi connectivity index (χ1v) is 4.71. The van der Waals surface area contributed by atoms with Crippen molar-refractivity contribution in [3.05, 3.63) is 28.5 Å². The third kappa shape index (κ3) is 2.29. The van der Waals surface area contributed by atoms with Gasteiger partial charge in [-0.25, -0.2) is 4.98 Å². The molecule has 66 valence electrons. The lowest BCUT2D eigenvalue weighted by molar-refractivity contribution is 0.167. The molecular formula is C9H12BrNO. The molecule has 2 unspecified atom stereocenters. The molecule has 0 radical (unpaired) electrons. The molecule has 1 aromatic heterocycles. The smallest absolute Gasteiger partial charge is 0.106 e. The molecule has 0 saturated heterocycles. The van der Waals surface area contributed by atoms with Crippen molar-refractivity contribution in [2.45, 2.75) is 25.9 Å². The van der Waals surface area contributed by atoms with Gasteiger partial charge in [-0.05, 0) is 35.0 Å². The van der Waals surface area contributed by atoms with Crippen molar-refractivity contribution in [3.8, 4) is 0 Å². The first-order chi connectivity index (χ1) is 5.61. The Bertz CT molecular complexity index is 262. The number of pyridine rings is 1. The molecule has 0 aliphatic carbocycles. The molecule has 0 fully saturated rings. The molecule has 1 N–H and O–H groups in total. The molecule has 0 aromatic carbocycles. The molecule has 0 bridgehead atoms. The van der Waals surface area contributed by atoms with Gasteiger partial charge in [0.1, 0.15) is 4.60 Å². The molecule has 1 rings (SSSR count). The highest BCUT2D eigenvalue weighted by molar-refractivity contribution is 9.10. The SMILES string of the molecule is CC(O)C(C)c1cccc(Br)n1. The number of nitrogens with zero attached hydrogens (tertiary/aromatic N) is 1. The monoisotopic (exact) mass is 229 g/mol. The minimum absolute atomic E-state index is 0.0856. The molecule has 0 saturated carbocycles. The van der Waals surface area contributed by atoms with Crippen molar-refractivity contribution >= 4 is 15.9 Å². The number of halogens is 1. The first kappa shape index (κ1) is 9.68. The topological polar surface area (TPSA) is 33.1 Å². The Balaban J connectivity index is 2.88. The summed E-state index contributed by atoms with van der Waals surface area (Å²) in [6.45, 7) is 3.73. The van der Waals surface area contributed by atoms with Gasteiger partial charge in [-0.3, -0.25) is 0 Å². The Morgan fingerprint density at radius 1 is 1.42 bits per heavy atom. The fourth-order valence-corrected chi connectivity index (χ4v) is 1.28. The zero-order valence-electron chi connectivity index (χ0n) is 7.16. The highest BCUT2D eigenvalue weighted by atomic mass is 79.9. The standard InChI is InChI=1S/C9H12BrNO/c1-6(7(2)12)8-4-3-5-9(10)11-8/h3-7,12H,1-2H3. The number of aliphatic hydroxyl groups is 1. The molecule has 1 aromatic rings. The Labute approximate surface area is 80.8 Å². The Morgan fingerprint density at radius 2 is 2.08 bits per heavy atom. The number of aliphatic hydroxyl groups excluding tert-OH is 1. The normalized spacial score (nSPS) is 15.7. The highest BCUT2D eigenvalue weighted by Gasteiger charge is 2.12. The fraction of sp³-hybridized carbons (Fsp3) is 0.444. The van der Waals surface area contributed by atoms with E-state index in [1.165, 1.54) is 0 Å². The van der Waals surface area contributed by atoms with Gasteiger partial charge in [-0.15, -0.1) is 0 Å². The maximum absolute atomic E-state index is 9.31. The van der Waals surface area contributed by atoms with Gasteiger partial charge >= 0.3 is 0 Å². The second kappa shape index (κ2) is 4.01. The summed E-state index contributed by atoms with van der Waals surface area (Å²) in [5.74, 6) is 0.0856. The minimum atomic E-state index is -0.355. The van der Waals surface area contributed by atoms with Crippen molar-refractivity contribution in [2.24, 2.45) is 0 Å². The largest absolute Gasteiger partial charge is 0.393 e. The van der Waals surface area contributed by atoms with Gasteiger partial charge in [0.2, 0.25) is 0 Å². The maximum Gasteiger partial charge on any atom is 0.106 e. The summed E-state index contributed by atoms with van der Waals surface area (Å²) in [5, 5.41) is 9.31. The number of rotatable bonds is 2. The lowest BCUT2D eigenvalue weighted by atomic mass is 10.0. The van der Waals surface area contributed by atoms with E-state index < -0.39 is 0 Å². The van der Waals surface area contributed by atoms with Crippen LogP contribution in [0.2, 0.25) is 0 Å². The van der Waals surface area contributed by atoms with Gasteiger partial charge in [-0.1, -0.05) is 13.0 Å². The van der Waals surface area contributed by atoms with Crippen LogP contribution in [0.25, 0.3) is 0 Å². The van der Waals surface area contributed by atoms with Gasteiger partial charge in [0.25, 0.3) is 0 Å². The predicted molar refractivity (Wildman–Crippen MR) is 52.0 cm³/mol. The van der Waals surface area contributed by atoms with Crippen LogP contribution in [-0.4, -0.2) is 16.2 Å². The van der Waals surface area contributed by atoms with Gasteiger partial charge in [0.15, 0.2) is 0 Å². The Morgan fingerprint density at radius 3 is 2.58 bits per heavy atom. The Hall–Kier alpha value is -0.410. The summed E-state index contributed by atoms with van der Waals surface area (Å²) in [6, 6.07) is 5.71. The lowest BCUT2D eigenvalue weighted by Gasteiger charge is -2.13. The zero-order chi connectivity index (χ0) is 9.14. The van der Waals surface area contributed by atoms with Crippen molar-refractivity contribution in [2.75, 3.05) is 0 Å². The van der Waals surface area contributed by atoms with E-state index in [0.29, 0.717) is 0 Å². The van der Waals surface area contributed by atoms with E-state index in [1.807, 2.05) is 25.1 Å². The predicted octanol–water partition coefficient (Wildman–Crippen LogP) is 2.33. The summed E-state index contributed by atoms with van der Waals surface area (Å²) in [5.41, 5.74) is 0.916. The quantitative estimate of drug-likeness (QED) is 0.791. The number of aromatic nitrogens is 1. The van der Waals surface area contributed by atoms with Crippen LogP contribution in [-0.2, 0) is 0 Å². The van der Waals surface area contributed by atoms with Gasteiger partial charge in [0.05, 0.1) is 6.10 Å². The number of hydrogen-bond acceptors (Lipinski definition) is 2. The van der Waals surface area contributed by atoms with E-state index in [9.17, 15) is 5.11 Å². The van der Waals surface area contributed by atoms with Crippen molar-refractivity contribution in [1.29, 1.82) is 0 Å². The average molecular weight is 230 g/mol. The summed E-state index contributed by atoms with van der Waals surface area (Å²) in [6.07, 6.45) is -0.355. The molecule has 2 nitrogen and oxygen atoms in total. The van der Waals surface area contributed by atoms with E-state index in [2.05, 4.69) is 20.9 Å². The first-order valence-electron chi connectivity index (χ1n) is 3.92. The van der Waals surface area contributed by atoms with E-state index in [1.54, 1.807) is 6.92 Å². The lowest BCUT2D eigenvalue weighted by Crippen LogP contribution is -2.12. The Kier molecular flexibility index (Phi) is 3.23. The molecule has 2 atom stereocenters. The van der Waals surface area contributed by atoms with Crippen LogP contribution in [0.3, 0.4) is 0 Å². The van der Waals surface area contributed by atoms with Crippen LogP contribution >= 0.6 is 15.9 Å². The molecule has 0 spiro atoms. The van der Waals surface area contributed by atoms with Crippen LogP contribution in [0.4, 0.5) is 0 Å². The van der Waals surface area contributed by atoms with Crippen molar-refractivity contribution in [1.82, 2.24) is 4.98 Å². The van der Waals surface area contributed by atoms with E-state index in [-0.39, 0.29) is 12.0 Å². The molecule has 0 amide bonds. The maximum atomic E-state index is 9.31. The van der Waals surface area contributed by atoms with Gasteiger partial charge < -0.3 is 5.11 Å². The van der Waals surface area contributed by atoms with Crippen LogP contribution in [0, 0.1) is 0 Å². The molecule has 0 aliphatic rings. The van der Waals surface area contributed by atoms with Crippen LogP contribution in [0.15, 0.2) is 22.8 Å². The highest BCUT2D eigenvalue weighted by Crippen LogP contribution is 2.18. The van der Waals surface area contributed by atoms with Gasteiger partial charge in [-0.2, -0.15) is 0 Å².